The second-order valence-corrected chi connectivity index (χ2v) is 7.44. The van der Waals surface area contributed by atoms with Gasteiger partial charge >= 0.3 is 9.05 Å². The van der Waals surface area contributed by atoms with Crippen LogP contribution < -0.4 is 0 Å². The molecule has 0 saturated carbocycles. The molecule has 0 aromatic heterocycles. The quantitative estimate of drug-likeness (QED) is 0.494. The molecule has 0 aliphatic heterocycles. The minimum atomic E-state index is -3.09. The molecule has 0 amide bonds. The average molecular weight is 339 g/mol. The molecule has 0 aliphatic rings. The van der Waals surface area contributed by atoms with Crippen molar-refractivity contribution in [3.05, 3.63) is 42.0 Å². The molecule has 130 valence electrons. The molecule has 0 fully saturated rings. The van der Waals surface area contributed by atoms with Crippen LogP contribution in [0.1, 0.15) is 51.2 Å². The molecule has 0 aliphatic carbocycles. The molecule has 0 spiro atoms. The van der Waals surface area contributed by atoms with Crippen LogP contribution in [-0.2, 0) is 24.3 Å². The lowest BCUT2D eigenvalue weighted by Gasteiger charge is -2.28. The molecule has 0 atom stereocenters. The monoisotopic (exact) mass is 338 g/mol. The van der Waals surface area contributed by atoms with Gasteiger partial charge in [-0.15, -0.1) is 0 Å². The van der Waals surface area contributed by atoms with Gasteiger partial charge in [0.15, 0.2) is 0 Å². The van der Waals surface area contributed by atoms with E-state index >= 15 is 0 Å². The molecule has 0 heterocycles. The molecule has 1 rings (SSSR count). The summed E-state index contributed by atoms with van der Waals surface area (Å²) in [7, 11) is -3.09. The van der Waals surface area contributed by atoms with Gasteiger partial charge in [-0.2, -0.15) is 0 Å². The summed E-state index contributed by atoms with van der Waals surface area (Å²) in [6.07, 6.45) is 4.52. The normalized spacial score (nSPS) is 11.6. The smallest absolute Gasteiger partial charge is 0.351 e. The van der Waals surface area contributed by atoms with Gasteiger partial charge in [-0.05, 0) is 36.5 Å². The third-order valence-electron chi connectivity index (χ3n) is 3.05. The third-order valence-corrected chi connectivity index (χ3v) is 5.22. The maximum absolute atomic E-state index is 6.06. The van der Waals surface area contributed by atoms with Crippen LogP contribution in [0.15, 0.2) is 30.8 Å². The van der Waals surface area contributed by atoms with Gasteiger partial charge in [-0.25, -0.2) is 0 Å². The summed E-state index contributed by atoms with van der Waals surface area (Å²) >= 11 is 0. The van der Waals surface area contributed by atoms with Gasteiger partial charge in [0.05, 0.1) is 6.61 Å². The Bertz CT molecular complexity index is 429. The third kappa shape index (κ3) is 7.41. The van der Waals surface area contributed by atoms with Crippen molar-refractivity contribution < 1.29 is 17.7 Å². The number of rotatable bonds is 13. The van der Waals surface area contributed by atoms with E-state index in [1.165, 1.54) is 0 Å². The molecule has 1 aromatic carbocycles. The summed E-state index contributed by atoms with van der Waals surface area (Å²) in [6.45, 7) is 12.1. The molecule has 23 heavy (non-hydrogen) atoms. The van der Waals surface area contributed by atoms with Crippen molar-refractivity contribution >= 4 is 15.1 Å². The first-order chi connectivity index (χ1) is 11.2. The Balaban J connectivity index is 2.79. The first-order valence-electron chi connectivity index (χ1n) is 8.46. The van der Waals surface area contributed by atoms with Crippen LogP contribution in [0.2, 0.25) is 0 Å². The summed E-state index contributed by atoms with van der Waals surface area (Å²) in [5, 5.41) is 0. The Morgan fingerprint density at radius 1 is 0.913 bits per heavy atom. The summed E-state index contributed by atoms with van der Waals surface area (Å²) in [5.74, 6) is 0. The molecule has 5 heteroatoms. The molecule has 1 aromatic rings. The highest BCUT2D eigenvalue weighted by Gasteiger charge is 2.45. The van der Waals surface area contributed by atoms with Crippen LogP contribution in [0.5, 0.6) is 0 Å². The molecular weight excluding hydrogens is 308 g/mol. The summed E-state index contributed by atoms with van der Waals surface area (Å²) in [6, 6.07) is 8.07. The van der Waals surface area contributed by atoms with Crippen molar-refractivity contribution in [2.75, 3.05) is 19.8 Å². The Morgan fingerprint density at radius 3 is 1.96 bits per heavy atom. The Kier molecular flexibility index (Phi) is 10.1. The van der Waals surface area contributed by atoms with Gasteiger partial charge in [-0.1, -0.05) is 51.6 Å². The predicted octanol–water partition coefficient (Wildman–Crippen LogP) is 4.56. The van der Waals surface area contributed by atoms with Crippen molar-refractivity contribution in [1.82, 2.24) is 0 Å². The minimum Gasteiger partial charge on any atom is -0.351 e. The van der Waals surface area contributed by atoms with E-state index in [-0.39, 0.29) is 0 Å². The molecule has 0 saturated heterocycles. The molecule has 0 N–H and O–H groups in total. The van der Waals surface area contributed by atoms with Crippen molar-refractivity contribution in [1.29, 1.82) is 0 Å². The van der Waals surface area contributed by atoms with Gasteiger partial charge in [-0.3, -0.25) is 0 Å². The number of hydrogen-bond donors (Lipinski definition) is 0. The lowest BCUT2D eigenvalue weighted by molar-refractivity contribution is -0.0391. The van der Waals surface area contributed by atoms with E-state index in [1.54, 1.807) is 0 Å². The van der Waals surface area contributed by atoms with Crippen molar-refractivity contribution in [3.63, 3.8) is 0 Å². The molecule has 0 unspecified atom stereocenters. The van der Waals surface area contributed by atoms with Gasteiger partial charge in [0, 0.05) is 19.8 Å². The second-order valence-electron chi connectivity index (χ2n) is 5.28. The van der Waals surface area contributed by atoms with E-state index in [4.69, 9.17) is 17.7 Å². The van der Waals surface area contributed by atoms with Crippen LogP contribution in [0.4, 0.5) is 0 Å². The van der Waals surface area contributed by atoms with E-state index in [1.807, 2.05) is 30.3 Å². The van der Waals surface area contributed by atoms with Gasteiger partial charge < -0.3 is 17.7 Å². The van der Waals surface area contributed by atoms with E-state index in [9.17, 15) is 0 Å². The fourth-order valence-electron chi connectivity index (χ4n) is 1.91. The Hall–Kier alpha value is -0.983. The lowest BCUT2D eigenvalue weighted by Crippen LogP contribution is -2.49. The predicted molar refractivity (Wildman–Crippen MR) is 95.8 cm³/mol. The lowest BCUT2D eigenvalue weighted by atomic mass is 10.1. The highest BCUT2D eigenvalue weighted by molar-refractivity contribution is 6.53. The maximum Gasteiger partial charge on any atom is 0.680 e. The standard InChI is InChI=1S/C18H30O4Si/c1-5-12-19-23(20-13-6-2,21-14-7-3)22-16-18-11-9-10-17(8-4)15-18/h8-11,15H,4-7,12-14,16H2,1-3H3. The summed E-state index contributed by atoms with van der Waals surface area (Å²) in [4.78, 5) is 0. The zero-order valence-electron chi connectivity index (χ0n) is 14.7. The topological polar surface area (TPSA) is 36.9 Å². The van der Waals surface area contributed by atoms with Gasteiger partial charge in [0.1, 0.15) is 0 Å². The molecule has 4 nitrogen and oxygen atoms in total. The largest absolute Gasteiger partial charge is 0.680 e. The first kappa shape index (κ1) is 20.1. The Morgan fingerprint density at radius 2 is 1.48 bits per heavy atom. The van der Waals surface area contributed by atoms with Gasteiger partial charge in [0.25, 0.3) is 0 Å². The SMILES string of the molecule is C=Cc1cccc(CO[Si](OCCC)(OCCC)OCCC)c1. The van der Waals surface area contributed by atoms with E-state index in [0.717, 1.165) is 30.4 Å². The first-order valence-corrected chi connectivity index (χ1v) is 10.1. The van der Waals surface area contributed by atoms with Crippen molar-refractivity contribution in [2.24, 2.45) is 0 Å². The van der Waals surface area contributed by atoms with Crippen LogP contribution in [0.25, 0.3) is 6.08 Å². The average Bonchev–Trinajstić information content (AvgIpc) is 2.60. The number of benzene rings is 1. The Labute approximate surface area is 141 Å². The van der Waals surface area contributed by atoms with E-state index in [0.29, 0.717) is 26.4 Å². The van der Waals surface area contributed by atoms with Crippen LogP contribution in [0, 0.1) is 0 Å². The highest BCUT2D eigenvalue weighted by atomic mass is 28.4. The number of hydrogen-bond acceptors (Lipinski definition) is 4. The van der Waals surface area contributed by atoms with Gasteiger partial charge in [0.2, 0.25) is 0 Å². The highest BCUT2D eigenvalue weighted by Crippen LogP contribution is 2.17. The molecule has 0 radical (unpaired) electrons. The zero-order valence-corrected chi connectivity index (χ0v) is 15.7. The van der Waals surface area contributed by atoms with Crippen LogP contribution in [-0.4, -0.2) is 28.9 Å². The van der Waals surface area contributed by atoms with Crippen molar-refractivity contribution in [2.45, 2.75) is 46.6 Å². The molecular formula is C18H30O4Si. The van der Waals surface area contributed by atoms with Crippen LogP contribution >= 0.6 is 0 Å². The maximum atomic E-state index is 6.06. The summed E-state index contributed by atoms with van der Waals surface area (Å²) in [5.41, 5.74) is 2.12. The second kappa shape index (κ2) is 11.5. The molecule has 0 bridgehead atoms. The zero-order chi connectivity index (χ0) is 17.0. The van der Waals surface area contributed by atoms with E-state index in [2.05, 4.69) is 27.4 Å². The van der Waals surface area contributed by atoms with E-state index < -0.39 is 9.05 Å². The fourth-order valence-corrected chi connectivity index (χ4v) is 4.12. The fraction of sp³-hybridized carbons (Fsp3) is 0.556. The van der Waals surface area contributed by atoms with Crippen LogP contribution in [0.3, 0.4) is 0 Å². The van der Waals surface area contributed by atoms with Crippen molar-refractivity contribution in [3.8, 4) is 0 Å². The summed E-state index contributed by atoms with van der Waals surface area (Å²) < 4.78 is 23.8. The minimum absolute atomic E-state index is 0.408.